The molecule has 0 saturated carbocycles. The maximum absolute atomic E-state index is 12.4. The zero-order valence-corrected chi connectivity index (χ0v) is 17.7. The highest BCUT2D eigenvalue weighted by Gasteiger charge is 2.51. The van der Waals surface area contributed by atoms with E-state index >= 15 is 0 Å². The number of benzene rings is 2. The lowest BCUT2D eigenvalue weighted by Crippen LogP contribution is -2.63. The Morgan fingerprint density at radius 3 is 2.57 bits per heavy atom. The minimum atomic E-state index is -1.17. The number of amides is 1. The van der Waals surface area contributed by atoms with Crippen LogP contribution >= 0.6 is 15.9 Å². The van der Waals surface area contributed by atoms with Gasteiger partial charge in [0.1, 0.15) is 18.3 Å². The summed E-state index contributed by atoms with van der Waals surface area (Å²) in [5.74, 6) is 0. The summed E-state index contributed by atoms with van der Waals surface area (Å²) in [7, 11) is 1.41. The van der Waals surface area contributed by atoms with Gasteiger partial charge in [-0.15, -0.1) is 0 Å². The summed E-state index contributed by atoms with van der Waals surface area (Å²) >= 11 is 3.34. The van der Waals surface area contributed by atoms with E-state index in [9.17, 15) is 9.90 Å². The van der Waals surface area contributed by atoms with Crippen LogP contribution in [0.4, 0.5) is 10.5 Å². The van der Waals surface area contributed by atoms with E-state index in [0.717, 1.165) is 10.0 Å². The monoisotopic (exact) mass is 479 g/mol. The fourth-order valence-corrected chi connectivity index (χ4v) is 3.73. The summed E-state index contributed by atoms with van der Waals surface area (Å²) in [6.07, 6.45) is -5.91. The molecule has 2 aromatic rings. The molecule has 2 saturated heterocycles. The number of nitrogens with one attached hydrogen (secondary N) is 1. The standard InChI is InChI=1S/C21H22BrNO7/c1-26-20-18(30-21(25)23-14-9-7-13(22)8-10-14)16(24)17-15(28-20)11-27-19(29-17)12-5-3-2-4-6-12/h2-10,15-20,24H,11H2,1H3,(H,23,25)/t15-,16+,17-,18-,19?,20+/m1/s1. The second-order valence-corrected chi connectivity index (χ2v) is 7.86. The van der Waals surface area contributed by atoms with Crippen molar-refractivity contribution in [3.05, 3.63) is 64.6 Å². The molecule has 0 bridgehead atoms. The molecule has 160 valence electrons. The molecule has 2 aromatic carbocycles. The van der Waals surface area contributed by atoms with E-state index in [0.29, 0.717) is 5.69 Å². The number of anilines is 1. The van der Waals surface area contributed by atoms with Gasteiger partial charge in [-0.05, 0) is 24.3 Å². The highest BCUT2D eigenvalue weighted by Crippen LogP contribution is 2.35. The number of halogens is 1. The first-order valence-corrected chi connectivity index (χ1v) is 10.3. The molecular formula is C21H22BrNO7. The van der Waals surface area contributed by atoms with E-state index in [1.807, 2.05) is 30.3 Å². The summed E-state index contributed by atoms with van der Waals surface area (Å²) in [4.78, 5) is 12.4. The van der Waals surface area contributed by atoms with Crippen LogP contribution in [-0.2, 0) is 23.7 Å². The van der Waals surface area contributed by atoms with Gasteiger partial charge in [0.05, 0.1) is 6.61 Å². The minimum Gasteiger partial charge on any atom is -0.438 e. The summed E-state index contributed by atoms with van der Waals surface area (Å²) < 4.78 is 29.2. The number of carbonyl (C=O) groups is 1. The van der Waals surface area contributed by atoms with Gasteiger partial charge in [0.15, 0.2) is 18.7 Å². The number of hydrogen-bond donors (Lipinski definition) is 2. The number of rotatable bonds is 4. The van der Waals surface area contributed by atoms with Crippen molar-refractivity contribution in [2.24, 2.45) is 0 Å². The van der Waals surface area contributed by atoms with Crippen LogP contribution in [0.25, 0.3) is 0 Å². The molecule has 2 aliphatic rings. The molecule has 9 heteroatoms. The second-order valence-electron chi connectivity index (χ2n) is 6.95. The summed E-state index contributed by atoms with van der Waals surface area (Å²) in [6.45, 7) is 0.207. The van der Waals surface area contributed by atoms with E-state index in [1.54, 1.807) is 24.3 Å². The van der Waals surface area contributed by atoms with Crippen LogP contribution in [0.15, 0.2) is 59.1 Å². The number of hydrogen-bond acceptors (Lipinski definition) is 7. The maximum atomic E-state index is 12.4. The van der Waals surface area contributed by atoms with Crippen molar-refractivity contribution in [2.75, 3.05) is 19.0 Å². The SMILES string of the molecule is CO[C@H]1O[C@@H]2COC(c3ccccc3)O[C@H]2[C@H](O)[C@H]1OC(=O)Nc1ccc(Br)cc1. The predicted octanol–water partition coefficient (Wildman–Crippen LogP) is 3.21. The lowest BCUT2D eigenvalue weighted by atomic mass is 9.97. The van der Waals surface area contributed by atoms with Crippen LogP contribution in [0.3, 0.4) is 0 Å². The minimum absolute atomic E-state index is 0.207. The molecule has 0 aliphatic carbocycles. The molecule has 4 rings (SSSR count). The first kappa shape index (κ1) is 21.2. The van der Waals surface area contributed by atoms with Crippen molar-refractivity contribution < 1.29 is 33.6 Å². The van der Waals surface area contributed by atoms with E-state index < -0.39 is 43.1 Å². The first-order valence-electron chi connectivity index (χ1n) is 9.46. The molecule has 0 spiro atoms. The Bertz CT molecular complexity index is 850. The van der Waals surface area contributed by atoms with Gasteiger partial charge in [-0.2, -0.15) is 0 Å². The van der Waals surface area contributed by atoms with Gasteiger partial charge < -0.3 is 28.8 Å². The quantitative estimate of drug-likeness (QED) is 0.694. The highest BCUT2D eigenvalue weighted by atomic mass is 79.9. The number of carbonyl (C=O) groups excluding carboxylic acids is 1. The summed E-state index contributed by atoms with van der Waals surface area (Å²) in [6, 6.07) is 16.4. The zero-order chi connectivity index (χ0) is 21.1. The van der Waals surface area contributed by atoms with Crippen molar-refractivity contribution >= 4 is 27.7 Å². The van der Waals surface area contributed by atoms with E-state index in [1.165, 1.54) is 7.11 Å². The topological polar surface area (TPSA) is 95.5 Å². The van der Waals surface area contributed by atoms with Crippen molar-refractivity contribution in [1.82, 2.24) is 0 Å². The Morgan fingerprint density at radius 1 is 1.13 bits per heavy atom. The maximum Gasteiger partial charge on any atom is 0.412 e. The summed E-state index contributed by atoms with van der Waals surface area (Å²) in [5, 5.41) is 13.5. The Balaban J connectivity index is 1.44. The third-order valence-electron chi connectivity index (χ3n) is 4.95. The van der Waals surface area contributed by atoms with Crippen molar-refractivity contribution in [2.45, 2.75) is 37.0 Å². The smallest absolute Gasteiger partial charge is 0.412 e. The van der Waals surface area contributed by atoms with Gasteiger partial charge in [-0.3, -0.25) is 5.32 Å². The highest BCUT2D eigenvalue weighted by molar-refractivity contribution is 9.10. The summed E-state index contributed by atoms with van der Waals surface area (Å²) in [5.41, 5.74) is 1.37. The molecule has 2 N–H and O–H groups in total. The molecule has 30 heavy (non-hydrogen) atoms. The van der Waals surface area contributed by atoms with Crippen molar-refractivity contribution in [3.63, 3.8) is 0 Å². The molecule has 6 atom stereocenters. The number of methoxy groups -OCH3 is 1. The number of aliphatic hydroxyl groups excluding tert-OH is 1. The van der Waals surface area contributed by atoms with Crippen LogP contribution in [0.1, 0.15) is 11.9 Å². The van der Waals surface area contributed by atoms with Crippen molar-refractivity contribution in [1.29, 1.82) is 0 Å². The molecule has 1 unspecified atom stereocenters. The Kier molecular flexibility index (Phi) is 6.67. The van der Waals surface area contributed by atoms with Gasteiger partial charge in [-0.25, -0.2) is 4.79 Å². The van der Waals surface area contributed by atoms with E-state index in [2.05, 4.69) is 21.2 Å². The molecule has 2 fully saturated rings. The lowest BCUT2D eigenvalue weighted by molar-refractivity contribution is -0.357. The lowest BCUT2D eigenvalue weighted by Gasteiger charge is -2.46. The average molecular weight is 480 g/mol. The van der Waals surface area contributed by atoms with Gasteiger partial charge in [-0.1, -0.05) is 46.3 Å². The predicted molar refractivity (Wildman–Crippen MR) is 110 cm³/mol. The molecule has 2 aliphatic heterocycles. The third-order valence-corrected chi connectivity index (χ3v) is 5.48. The zero-order valence-electron chi connectivity index (χ0n) is 16.1. The van der Waals surface area contributed by atoms with Crippen LogP contribution in [0.5, 0.6) is 0 Å². The average Bonchev–Trinajstić information content (AvgIpc) is 2.77. The van der Waals surface area contributed by atoms with Crippen molar-refractivity contribution in [3.8, 4) is 0 Å². The first-order chi connectivity index (χ1) is 14.5. The number of aliphatic hydroxyl groups is 1. The van der Waals surface area contributed by atoms with Gasteiger partial charge in [0, 0.05) is 22.8 Å². The van der Waals surface area contributed by atoms with Crippen LogP contribution < -0.4 is 5.32 Å². The molecule has 8 nitrogen and oxygen atoms in total. The van der Waals surface area contributed by atoms with Crippen LogP contribution in [0.2, 0.25) is 0 Å². The molecular weight excluding hydrogens is 458 g/mol. The van der Waals surface area contributed by atoms with E-state index in [-0.39, 0.29) is 6.61 Å². The van der Waals surface area contributed by atoms with Crippen LogP contribution in [0, 0.1) is 0 Å². The Morgan fingerprint density at radius 2 is 1.87 bits per heavy atom. The number of ether oxygens (including phenoxy) is 5. The Hall–Kier alpha value is -2.01. The third kappa shape index (κ3) is 4.66. The molecule has 1 amide bonds. The Labute approximate surface area is 182 Å². The fraction of sp³-hybridized carbons (Fsp3) is 0.381. The largest absolute Gasteiger partial charge is 0.438 e. The molecule has 2 heterocycles. The van der Waals surface area contributed by atoms with Gasteiger partial charge in [0.2, 0.25) is 0 Å². The van der Waals surface area contributed by atoms with E-state index in [4.69, 9.17) is 23.7 Å². The van der Waals surface area contributed by atoms with Crippen LogP contribution in [-0.4, -0.2) is 55.6 Å². The van der Waals surface area contributed by atoms with Gasteiger partial charge >= 0.3 is 6.09 Å². The van der Waals surface area contributed by atoms with Gasteiger partial charge in [0.25, 0.3) is 0 Å². The molecule has 0 radical (unpaired) electrons. The normalized spacial score (nSPS) is 30.9. The second kappa shape index (κ2) is 9.42. The number of fused-ring (bicyclic) bond motifs is 1. The fourth-order valence-electron chi connectivity index (χ4n) is 3.47. The molecule has 0 aromatic heterocycles.